The van der Waals surface area contributed by atoms with Gasteiger partial charge in [0.15, 0.2) is 11.0 Å². The summed E-state index contributed by atoms with van der Waals surface area (Å²) in [5.41, 5.74) is 0.514. The first-order valence-electron chi connectivity index (χ1n) is 9.69. The molecule has 2 aromatic heterocycles. The van der Waals surface area contributed by atoms with Crippen molar-refractivity contribution >= 4 is 34.3 Å². The predicted molar refractivity (Wildman–Crippen MR) is 114 cm³/mol. The van der Waals surface area contributed by atoms with E-state index >= 15 is 0 Å². The van der Waals surface area contributed by atoms with Gasteiger partial charge in [0.2, 0.25) is 0 Å². The Morgan fingerprint density at radius 2 is 2.10 bits per heavy atom. The highest BCUT2D eigenvalue weighted by atomic mass is 35.5. The Bertz CT molecular complexity index is 1020. The Morgan fingerprint density at radius 3 is 2.86 bits per heavy atom. The number of hydrogen-bond donors (Lipinski definition) is 0. The molecule has 8 nitrogen and oxygen atoms in total. The lowest BCUT2D eigenvalue weighted by Gasteiger charge is -2.14. The van der Waals surface area contributed by atoms with Crippen LogP contribution in [-0.4, -0.2) is 42.5 Å². The van der Waals surface area contributed by atoms with Gasteiger partial charge in [-0.1, -0.05) is 30.3 Å². The number of nitrogens with zero attached hydrogens (tertiary/aromatic N) is 6. The molecule has 0 aliphatic heterocycles. The zero-order chi connectivity index (χ0) is 20.8. The maximum absolute atomic E-state index is 13.1. The minimum Gasteiger partial charge on any atom is -0.379 e. The van der Waals surface area contributed by atoms with Crippen LogP contribution >= 0.6 is 23.4 Å². The third kappa shape index (κ3) is 5.55. The normalized spacial score (nSPS) is 11.6. The highest BCUT2D eigenvalue weighted by molar-refractivity contribution is 7.98. The van der Waals surface area contributed by atoms with Gasteiger partial charge in [-0.3, -0.25) is 9.36 Å². The van der Waals surface area contributed by atoms with Crippen molar-refractivity contribution in [3.63, 3.8) is 0 Å². The molecule has 156 valence electrons. The molecule has 2 heterocycles. The summed E-state index contributed by atoms with van der Waals surface area (Å²) >= 11 is 7.56. The van der Waals surface area contributed by atoms with E-state index in [1.807, 2.05) is 13.8 Å². The van der Waals surface area contributed by atoms with Crippen molar-refractivity contribution < 1.29 is 4.74 Å². The highest BCUT2D eigenvalue weighted by Crippen LogP contribution is 2.23. The molecule has 0 unspecified atom stereocenters. The van der Waals surface area contributed by atoms with Gasteiger partial charge in [-0.25, -0.2) is 9.67 Å². The van der Waals surface area contributed by atoms with Crippen LogP contribution in [0.5, 0.6) is 0 Å². The number of rotatable bonds is 10. The molecule has 0 bridgehead atoms. The summed E-state index contributed by atoms with van der Waals surface area (Å²) in [4.78, 5) is 17.8. The first-order chi connectivity index (χ1) is 14.0. The summed E-state index contributed by atoms with van der Waals surface area (Å²) in [6.45, 7) is 7.93. The maximum atomic E-state index is 13.1. The topological polar surface area (TPSA) is 87.7 Å². The Morgan fingerprint density at radius 1 is 1.28 bits per heavy atom. The number of halogens is 1. The lowest BCUT2D eigenvalue weighted by molar-refractivity contribution is 0.0743. The van der Waals surface area contributed by atoms with E-state index in [1.54, 1.807) is 27.4 Å². The molecule has 10 heteroatoms. The monoisotopic (exact) mass is 436 g/mol. The van der Waals surface area contributed by atoms with Crippen molar-refractivity contribution in [2.45, 2.75) is 63.7 Å². The Labute approximate surface area is 178 Å². The molecule has 0 radical (unpaired) electrons. The number of benzene rings is 1. The highest BCUT2D eigenvalue weighted by Gasteiger charge is 2.14. The molecule has 0 amide bonds. The minimum absolute atomic E-state index is 0.0770. The van der Waals surface area contributed by atoms with Crippen LogP contribution in [0, 0.1) is 0 Å². The molecule has 0 spiro atoms. The van der Waals surface area contributed by atoms with Crippen molar-refractivity contribution in [3.8, 4) is 0 Å². The molecule has 0 saturated carbocycles. The number of hydrogen-bond acceptors (Lipinski definition) is 7. The smallest absolute Gasteiger partial charge is 0.262 e. The van der Waals surface area contributed by atoms with E-state index in [0.29, 0.717) is 40.0 Å². The number of ether oxygens (including phenoxy) is 1. The van der Waals surface area contributed by atoms with Crippen molar-refractivity contribution in [2.24, 2.45) is 0 Å². The summed E-state index contributed by atoms with van der Waals surface area (Å²) in [5.74, 6) is 1.28. The maximum Gasteiger partial charge on any atom is 0.262 e. The molecule has 0 fully saturated rings. The Hall–Kier alpha value is -1.97. The van der Waals surface area contributed by atoms with Crippen LogP contribution in [0.3, 0.4) is 0 Å². The first kappa shape index (κ1) is 21.7. The molecule has 0 saturated heterocycles. The molecule has 3 aromatic rings. The molecule has 0 aliphatic rings. The number of aromatic nitrogens is 6. The zero-order valence-corrected chi connectivity index (χ0v) is 18.4. The molecule has 29 heavy (non-hydrogen) atoms. The Kier molecular flexibility index (Phi) is 7.63. The van der Waals surface area contributed by atoms with Gasteiger partial charge < -0.3 is 4.74 Å². The van der Waals surface area contributed by atoms with Crippen LogP contribution < -0.4 is 5.56 Å². The molecule has 0 N–H and O–H groups in total. The van der Waals surface area contributed by atoms with E-state index < -0.39 is 0 Å². The second kappa shape index (κ2) is 10.2. The summed E-state index contributed by atoms with van der Waals surface area (Å²) in [6.07, 6.45) is 1.82. The fraction of sp³-hybridized carbons (Fsp3) is 0.526. The van der Waals surface area contributed by atoms with Gasteiger partial charge in [-0.15, -0.1) is 5.10 Å². The van der Waals surface area contributed by atoms with Gasteiger partial charge in [0.1, 0.15) is 0 Å². The van der Waals surface area contributed by atoms with Gasteiger partial charge in [0, 0.05) is 24.7 Å². The molecule has 0 atom stereocenters. The third-order valence-electron chi connectivity index (χ3n) is 4.23. The number of thioether (sulfide) groups is 1. The van der Waals surface area contributed by atoms with Gasteiger partial charge in [0.05, 0.1) is 22.8 Å². The molecular weight excluding hydrogens is 412 g/mol. The van der Waals surface area contributed by atoms with E-state index in [2.05, 4.69) is 22.4 Å². The second-order valence-electron chi connectivity index (χ2n) is 6.89. The van der Waals surface area contributed by atoms with Crippen LogP contribution in [0.2, 0.25) is 5.02 Å². The average Bonchev–Trinajstić information content (AvgIpc) is 3.12. The fourth-order valence-electron chi connectivity index (χ4n) is 2.86. The lowest BCUT2D eigenvalue weighted by Crippen LogP contribution is -2.24. The summed E-state index contributed by atoms with van der Waals surface area (Å²) in [7, 11) is 0. The van der Waals surface area contributed by atoms with Crippen LogP contribution in [0.1, 0.15) is 39.4 Å². The standard InChI is InChI=1S/C19H25ClN6O2S/c1-4-8-26-17(22-23-24-26)12-29-19-21-16-11-14(20)6-7-15(16)18(27)25(19)9-5-10-28-13(2)3/h6-7,11,13H,4-5,8-10,12H2,1-3H3. The lowest BCUT2D eigenvalue weighted by atomic mass is 10.2. The molecule has 1 aromatic carbocycles. The summed E-state index contributed by atoms with van der Waals surface area (Å²) in [5, 5.41) is 13.6. The average molecular weight is 437 g/mol. The second-order valence-corrected chi connectivity index (χ2v) is 8.27. The minimum atomic E-state index is -0.0770. The summed E-state index contributed by atoms with van der Waals surface area (Å²) in [6, 6.07) is 5.16. The number of fused-ring (bicyclic) bond motifs is 1. The first-order valence-corrected chi connectivity index (χ1v) is 11.1. The third-order valence-corrected chi connectivity index (χ3v) is 5.44. The van der Waals surface area contributed by atoms with E-state index in [4.69, 9.17) is 21.3 Å². The van der Waals surface area contributed by atoms with Crippen LogP contribution in [-0.2, 0) is 23.6 Å². The van der Waals surface area contributed by atoms with E-state index in [9.17, 15) is 4.79 Å². The largest absolute Gasteiger partial charge is 0.379 e. The van der Waals surface area contributed by atoms with Crippen molar-refractivity contribution in [2.75, 3.05) is 6.61 Å². The predicted octanol–water partition coefficient (Wildman–Crippen LogP) is 3.55. The number of aryl methyl sites for hydroxylation is 1. The molecule has 0 aliphatic carbocycles. The molecule has 3 rings (SSSR count). The quantitative estimate of drug-likeness (QED) is 0.273. The number of tetrazole rings is 1. The van der Waals surface area contributed by atoms with Crippen LogP contribution in [0.4, 0.5) is 0 Å². The SMILES string of the molecule is CCCn1nnnc1CSc1nc2cc(Cl)ccc2c(=O)n1CCCOC(C)C. The van der Waals surface area contributed by atoms with E-state index in [1.165, 1.54) is 11.8 Å². The van der Waals surface area contributed by atoms with Crippen molar-refractivity contribution in [1.29, 1.82) is 0 Å². The van der Waals surface area contributed by atoms with Crippen LogP contribution in [0.15, 0.2) is 28.2 Å². The fourth-order valence-corrected chi connectivity index (χ4v) is 3.99. The molecular formula is C19H25ClN6O2S. The van der Waals surface area contributed by atoms with Gasteiger partial charge in [-0.05, 0) is 55.3 Å². The Balaban J connectivity index is 1.88. The van der Waals surface area contributed by atoms with E-state index in [0.717, 1.165) is 25.2 Å². The van der Waals surface area contributed by atoms with Gasteiger partial charge in [-0.2, -0.15) is 0 Å². The summed E-state index contributed by atoms with van der Waals surface area (Å²) < 4.78 is 9.11. The van der Waals surface area contributed by atoms with Crippen LogP contribution in [0.25, 0.3) is 10.9 Å². The van der Waals surface area contributed by atoms with E-state index in [-0.39, 0.29) is 11.7 Å². The zero-order valence-electron chi connectivity index (χ0n) is 16.8. The van der Waals surface area contributed by atoms with Crippen molar-refractivity contribution in [3.05, 3.63) is 39.4 Å². The van der Waals surface area contributed by atoms with Gasteiger partial charge >= 0.3 is 0 Å². The van der Waals surface area contributed by atoms with Gasteiger partial charge in [0.25, 0.3) is 5.56 Å². The van der Waals surface area contributed by atoms with Crippen molar-refractivity contribution in [1.82, 2.24) is 29.8 Å².